The lowest BCUT2D eigenvalue weighted by atomic mass is 10.1. The van der Waals surface area contributed by atoms with Gasteiger partial charge in [-0.25, -0.2) is 0 Å². The summed E-state index contributed by atoms with van der Waals surface area (Å²) in [5.41, 5.74) is 0.523. The number of benzene rings is 1. The summed E-state index contributed by atoms with van der Waals surface area (Å²) in [6.07, 6.45) is 6.61. The van der Waals surface area contributed by atoms with Crippen LogP contribution >= 0.6 is 11.6 Å². The van der Waals surface area contributed by atoms with E-state index in [1.165, 1.54) is 0 Å². The predicted molar refractivity (Wildman–Crippen MR) is 110 cm³/mol. The van der Waals surface area contributed by atoms with E-state index in [0.29, 0.717) is 35.4 Å². The van der Waals surface area contributed by atoms with Crippen LogP contribution in [0.15, 0.2) is 30.4 Å². The summed E-state index contributed by atoms with van der Waals surface area (Å²) in [5.74, 6) is 1.07. The van der Waals surface area contributed by atoms with Crippen LogP contribution in [0.2, 0.25) is 5.02 Å². The van der Waals surface area contributed by atoms with E-state index in [1.807, 2.05) is 0 Å². The number of hydrogen-bond donors (Lipinski definition) is 1. The van der Waals surface area contributed by atoms with Gasteiger partial charge in [0.1, 0.15) is 11.9 Å². The minimum atomic E-state index is -0.164. The SMILES string of the molecule is COCCNC(=O)c1ccc(OC2CCN(CC=CC(C)C)CC2)c(Cl)c1. The van der Waals surface area contributed by atoms with Crippen LogP contribution in [-0.2, 0) is 4.74 Å². The van der Waals surface area contributed by atoms with Gasteiger partial charge in [-0.1, -0.05) is 37.6 Å². The van der Waals surface area contributed by atoms with Crippen LogP contribution in [0.5, 0.6) is 5.75 Å². The lowest BCUT2D eigenvalue weighted by Gasteiger charge is -2.31. The normalized spacial score (nSPS) is 16.2. The molecule has 1 heterocycles. The van der Waals surface area contributed by atoms with Crippen molar-refractivity contribution in [3.8, 4) is 5.75 Å². The Kier molecular flexibility index (Phi) is 9.11. The number of nitrogens with one attached hydrogen (secondary N) is 1. The maximum Gasteiger partial charge on any atom is 0.251 e. The predicted octanol–water partition coefficient (Wildman–Crippen LogP) is 3.77. The van der Waals surface area contributed by atoms with Gasteiger partial charge in [-0.2, -0.15) is 0 Å². The average molecular weight is 395 g/mol. The van der Waals surface area contributed by atoms with Crippen LogP contribution in [0, 0.1) is 5.92 Å². The lowest BCUT2D eigenvalue weighted by Crippen LogP contribution is -2.38. The molecular weight excluding hydrogens is 364 g/mol. The van der Waals surface area contributed by atoms with Crippen LogP contribution in [0.4, 0.5) is 0 Å². The van der Waals surface area contributed by atoms with E-state index in [4.69, 9.17) is 21.1 Å². The molecule has 0 atom stereocenters. The van der Waals surface area contributed by atoms with Gasteiger partial charge in [0.15, 0.2) is 0 Å². The van der Waals surface area contributed by atoms with Gasteiger partial charge in [0.2, 0.25) is 0 Å². The standard InChI is InChI=1S/C21H31ClN2O3/c1-16(2)5-4-11-24-12-8-18(9-13-24)27-20-7-6-17(15-19(20)22)21(25)23-10-14-26-3/h4-7,15-16,18H,8-14H2,1-3H3,(H,23,25). The number of amides is 1. The first-order valence-corrected chi connectivity index (χ1v) is 9.99. The summed E-state index contributed by atoms with van der Waals surface area (Å²) >= 11 is 6.33. The van der Waals surface area contributed by atoms with Crippen LogP contribution < -0.4 is 10.1 Å². The molecule has 0 unspecified atom stereocenters. The van der Waals surface area contributed by atoms with E-state index >= 15 is 0 Å². The fraction of sp³-hybridized carbons (Fsp3) is 0.571. The van der Waals surface area contributed by atoms with Gasteiger partial charge in [-0.3, -0.25) is 9.69 Å². The Morgan fingerprint density at radius 3 is 2.74 bits per heavy atom. The van der Waals surface area contributed by atoms with Gasteiger partial charge in [0, 0.05) is 38.9 Å². The smallest absolute Gasteiger partial charge is 0.251 e. The van der Waals surface area contributed by atoms with Crippen molar-refractivity contribution in [2.24, 2.45) is 5.92 Å². The van der Waals surface area contributed by atoms with Crippen molar-refractivity contribution in [1.82, 2.24) is 10.2 Å². The topological polar surface area (TPSA) is 50.8 Å². The molecule has 1 aliphatic heterocycles. The van der Waals surface area contributed by atoms with Crippen LogP contribution in [-0.4, -0.2) is 56.8 Å². The first-order valence-electron chi connectivity index (χ1n) is 9.62. The molecule has 0 aliphatic carbocycles. The highest BCUT2D eigenvalue weighted by molar-refractivity contribution is 6.32. The van der Waals surface area contributed by atoms with Crippen molar-refractivity contribution >= 4 is 17.5 Å². The molecule has 1 aromatic carbocycles. The molecule has 5 nitrogen and oxygen atoms in total. The molecule has 1 aliphatic rings. The Balaban J connectivity index is 1.81. The third-order valence-electron chi connectivity index (χ3n) is 4.50. The molecule has 0 aromatic heterocycles. The molecule has 1 amide bonds. The van der Waals surface area contributed by atoms with E-state index in [9.17, 15) is 4.79 Å². The van der Waals surface area contributed by atoms with Crippen LogP contribution in [0.1, 0.15) is 37.0 Å². The number of piperidine rings is 1. The molecule has 0 bridgehead atoms. The van der Waals surface area contributed by atoms with Gasteiger partial charge in [0.05, 0.1) is 11.6 Å². The highest BCUT2D eigenvalue weighted by Crippen LogP contribution is 2.28. The largest absolute Gasteiger partial charge is 0.489 e. The number of ether oxygens (including phenoxy) is 2. The number of nitrogens with zero attached hydrogens (tertiary/aromatic N) is 1. The second kappa shape index (κ2) is 11.3. The van der Waals surface area contributed by atoms with Crippen LogP contribution in [0.3, 0.4) is 0 Å². The van der Waals surface area contributed by atoms with E-state index in [0.717, 1.165) is 32.5 Å². The molecule has 0 saturated carbocycles. The highest BCUT2D eigenvalue weighted by Gasteiger charge is 2.21. The molecule has 27 heavy (non-hydrogen) atoms. The number of hydrogen-bond acceptors (Lipinski definition) is 4. The van der Waals surface area contributed by atoms with Crippen molar-refractivity contribution in [3.63, 3.8) is 0 Å². The van der Waals surface area contributed by atoms with Gasteiger partial charge in [-0.05, 0) is 37.0 Å². The Morgan fingerprint density at radius 1 is 1.37 bits per heavy atom. The van der Waals surface area contributed by atoms with Crippen molar-refractivity contribution in [1.29, 1.82) is 0 Å². The zero-order chi connectivity index (χ0) is 19.6. The maximum atomic E-state index is 12.1. The Morgan fingerprint density at radius 2 is 2.11 bits per heavy atom. The zero-order valence-corrected chi connectivity index (χ0v) is 17.3. The van der Waals surface area contributed by atoms with Crippen molar-refractivity contribution in [2.45, 2.75) is 32.8 Å². The molecule has 0 radical (unpaired) electrons. The summed E-state index contributed by atoms with van der Waals surface area (Å²) in [6, 6.07) is 5.19. The molecule has 150 valence electrons. The summed E-state index contributed by atoms with van der Waals surface area (Å²) in [6.45, 7) is 8.36. The molecular formula is C21H31ClN2O3. The van der Waals surface area contributed by atoms with E-state index in [-0.39, 0.29) is 12.0 Å². The third kappa shape index (κ3) is 7.53. The summed E-state index contributed by atoms with van der Waals surface area (Å²) in [7, 11) is 1.60. The number of rotatable bonds is 9. The number of carbonyl (C=O) groups excluding carboxylic acids is 1. The summed E-state index contributed by atoms with van der Waals surface area (Å²) in [4.78, 5) is 14.5. The Labute approximate surface area is 167 Å². The summed E-state index contributed by atoms with van der Waals surface area (Å²) in [5, 5.41) is 3.25. The Hall–Kier alpha value is -1.56. The Bertz CT molecular complexity index is 626. The van der Waals surface area contributed by atoms with Crippen molar-refractivity contribution < 1.29 is 14.3 Å². The van der Waals surface area contributed by atoms with Crippen molar-refractivity contribution in [2.75, 3.05) is 39.9 Å². The van der Waals surface area contributed by atoms with E-state index < -0.39 is 0 Å². The van der Waals surface area contributed by atoms with E-state index in [2.05, 4.69) is 36.2 Å². The van der Waals surface area contributed by atoms with Gasteiger partial charge < -0.3 is 14.8 Å². The second-order valence-electron chi connectivity index (χ2n) is 7.18. The molecule has 0 spiro atoms. The second-order valence-corrected chi connectivity index (χ2v) is 7.59. The maximum absolute atomic E-state index is 12.1. The number of allylic oxidation sites excluding steroid dienone is 1. The third-order valence-corrected chi connectivity index (χ3v) is 4.79. The molecule has 6 heteroatoms. The molecule has 1 saturated heterocycles. The number of halogens is 1. The van der Waals surface area contributed by atoms with Crippen molar-refractivity contribution in [3.05, 3.63) is 40.9 Å². The summed E-state index contributed by atoms with van der Waals surface area (Å²) < 4.78 is 11.0. The highest BCUT2D eigenvalue weighted by atomic mass is 35.5. The molecule has 1 N–H and O–H groups in total. The minimum Gasteiger partial charge on any atom is -0.489 e. The average Bonchev–Trinajstić information content (AvgIpc) is 2.64. The van der Waals surface area contributed by atoms with Gasteiger partial charge in [-0.15, -0.1) is 0 Å². The minimum absolute atomic E-state index is 0.161. The van der Waals surface area contributed by atoms with Crippen LogP contribution in [0.25, 0.3) is 0 Å². The fourth-order valence-electron chi connectivity index (χ4n) is 2.98. The first kappa shape index (κ1) is 21.7. The lowest BCUT2D eigenvalue weighted by molar-refractivity contribution is 0.0936. The molecule has 1 aromatic rings. The van der Waals surface area contributed by atoms with E-state index in [1.54, 1.807) is 25.3 Å². The number of methoxy groups -OCH3 is 1. The zero-order valence-electron chi connectivity index (χ0n) is 16.5. The first-order chi connectivity index (χ1) is 13.0. The number of carbonyl (C=O) groups is 1. The number of likely N-dealkylation sites (tertiary alicyclic amines) is 1. The fourth-order valence-corrected chi connectivity index (χ4v) is 3.20. The van der Waals surface area contributed by atoms with Gasteiger partial charge >= 0.3 is 0 Å². The molecule has 1 fully saturated rings. The molecule has 2 rings (SSSR count). The monoisotopic (exact) mass is 394 g/mol. The van der Waals surface area contributed by atoms with Gasteiger partial charge in [0.25, 0.3) is 5.91 Å². The quantitative estimate of drug-likeness (QED) is 0.511.